The van der Waals surface area contributed by atoms with E-state index in [1.165, 1.54) is 11.8 Å². The maximum atomic E-state index is 13.1. The lowest BCUT2D eigenvalue weighted by Crippen LogP contribution is -2.57. The molecule has 9 N–H and O–H groups in total. The highest BCUT2D eigenvalue weighted by Gasteiger charge is 2.32. The number of fused-ring (bicyclic) bond motifs is 1. The number of hydrogen-bond donors (Lipinski definition) is 8. The number of nitrogens with two attached hydrogens (primary N) is 1. The SMILES string of the molecule is CSCCC(N)C(=O)NC(CC(=O)O)C(=O)NC(CCC(=O)O)C(=O)NC(Cc1c[nH]c2ccccc12)C(=O)O. The summed E-state index contributed by atoms with van der Waals surface area (Å²) in [5, 5.41) is 35.7. The number of H-pyrrole nitrogens is 1. The van der Waals surface area contributed by atoms with Gasteiger partial charge < -0.3 is 42.0 Å². The minimum absolute atomic E-state index is 0.115. The molecule has 1 heterocycles. The smallest absolute Gasteiger partial charge is 0.326 e. The number of carboxylic acids is 3. The Balaban J connectivity index is 2.19. The fourth-order valence-corrected chi connectivity index (χ4v) is 4.33. The van der Waals surface area contributed by atoms with E-state index in [9.17, 15) is 39.0 Å². The van der Waals surface area contributed by atoms with Crippen LogP contribution in [0.1, 0.15) is 31.2 Å². The molecule has 1 aromatic heterocycles. The number of thioether (sulfide) groups is 1. The Morgan fingerprint density at radius 3 is 2.12 bits per heavy atom. The Labute approximate surface area is 233 Å². The quantitative estimate of drug-likeness (QED) is 0.121. The van der Waals surface area contributed by atoms with Crippen LogP contribution in [-0.4, -0.2) is 92.1 Å². The van der Waals surface area contributed by atoms with Crippen LogP contribution in [0.5, 0.6) is 0 Å². The summed E-state index contributed by atoms with van der Waals surface area (Å²) >= 11 is 1.44. The van der Waals surface area contributed by atoms with Crippen molar-refractivity contribution in [2.75, 3.05) is 12.0 Å². The number of carbonyl (C=O) groups is 6. The Hall–Kier alpha value is -4.11. The third-order valence-corrected chi connectivity index (χ3v) is 6.62. The number of amides is 3. The number of hydrogen-bond acceptors (Lipinski definition) is 8. The molecule has 4 atom stereocenters. The van der Waals surface area contributed by atoms with Gasteiger partial charge in [-0.1, -0.05) is 18.2 Å². The molecule has 0 aliphatic heterocycles. The monoisotopic (exact) mass is 579 g/mol. The molecule has 4 unspecified atom stereocenters. The molecule has 0 spiro atoms. The minimum Gasteiger partial charge on any atom is -0.481 e. The van der Waals surface area contributed by atoms with Gasteiger partial charge in [-0.05, 0) is 36.5 Å². The second kappa shape index (κ2) is 15.5. The van der Waals surface area contributed by atoms with Crippen LogP contribution in [-0.2, 0) is 35.2 Å². The van der Waals surface area contributed by atoms with Gasteiger partial charge in [-0.15, -0.1) is 0 Å². The number of carboxylic acid groups (broad SMARTS) is 3. The molecule has 2 rings (SSSR count). The lowest BCUT2D eigenvalue weighted by atomic mass is 10.0. The lowest BCUT2D eigenvalue weighted by Gasteiger charge is -2.24. The van der Waals surface area contributed by atoms with Gasteiger partial charge in [0.2, 0.25) is 17.7 Å². The standard InChI is InChI=1S/C25H33N5O9S/c1-40-9-8-15(26)22(35)29-18(11-21(33)34)24(37)28-17(6-7-20(31)32)23(36)30-19(25(38)39)10-13-12-27-16-5-3-2-4-14(13)16/h2-5,12,15,17-19,27H,6-11,26H2,1H3,(H,28,37)(H,29,35)(H,30,36)(H,31,32)(H,33,34)(H,38,39). The first-order chi connectivity index (χ1) is 18.9. The molecule has 0 bridgehead atoms. The molecular weight excluding hydrogens is 546 g/mol. The number of para-hydroxylation sites is 1. The van der Waals surface area contributed by atoms with Crippen LogP contribution in [0, 0.1) is 0 Å². The molecule has 40 heavy (non-hydrogen) atoms. The van der Waals surface area contributed by atoms with E-state index in [1.807, 2.05) is 6.26 Å². The van der Waals surface area contributed by atoms with E-state index < -0.39 is 79.1 Å². The maximum absolute atomic E-state index is 13.1. The zero-order valence-electron chi connectivity index (χ0n) is 21.7. The highest BCUT2D eigenvalue weighted by molar-refractivity contribution is 7.98. The molecule has 1 aromatic carbocycles. The van der Waals surface area contributed by atoms with Crippen LogP contribution in [0.25, 0.3) is 10.9 Å². The third-order valence-electron chi connectivity index (χ3n) is 5.97. The molecule has 0 aliphatic carbocycles. The van der Waals surface area contributed by atoms with Crippen molar-refractivity contribution in [1.82, 2.24) is 20.9 Å². The molecule has 0 saturated heterocycles. The van der Waals surface area contributed by atoms with E-state index in [1.54, 1.807) is 30.5 Å². The van der Waals surface area contributed by atoms with E-state index in [0.717, 1.165) is 10.9 Å². The minimum atomic E-state index is -1.62. The van der Waals surface area contributed by atoms with Crippen LogP contribution >= 0.6 is 11.8 Å². The Bertz CT molecular complexity index is 1230. The average Bonchev–Trinajstić information content (AvgIpc) is 3.30. The molecule has 15 heteroatoms. The van der Waals surface area contributed by atoms with Gasteiger partial charge in [-0.3, -0.25) is 24.0 Å². The summed E-state index contributed by atoms with van der Waals surface area (Å²) < 4.78 is 0. The number of nitrogens with one attached hydrogen (secondary N) is 4. The zero-order valence-corrected chi connectivity index (χ0v) is 22.5. The number of carbonyl (C=O) groups excluding carboxylic acids is 3. The van der Waals surface area contributed by atoms with Gasteiger partial charge in [0.25, 0.3) is 0 Å². The zero-order chi connectivity index (χ0) is 29.8. The van der Waals surface area contributed by atoms with Gasteiger partial charge in [0, 0.05) is 29.9 Å². The van der Waals surface area contributed by atoms with Gasteiger partial charge in [0.1, 0.15) is 18.1 Å². The number of aromatic amines is 1. The predicted molar refractivity (Wildman–Crippen MR) is 146 cm³/mol. The van der Waals surface area contributed by atoms with Crippen LogP contribution in [0.2, 0.25) is 0 Å². The summed E-state index contributed by atoms with van der Waals surface area (Å²) in [5.74, 6) is -6.35. The fraction of sp³-hybridized carbons (Fsp3) is 0.440. The van der Waals surface area contributed by atoms with Gasteiger partial charge in [-0.25, -0.2) is 4.79 Å². The van der Waals surface area contributed by atoms with E-state index in [4.69, 9.17) is 10.8 Å². The molecular formula is C25H33N5O9S. The van der Waals surface area contributed by atoms with Crippen molar-refractivity contribution in [3.8, 4) is 0 Å². The Morgan fingerprint density at radius 2 is 1.50 bits per heavy atom. The van der Waals surface area contributed by atoms with E-state index in [2.05, 4.69) is 20.9 Å². The van der Waals surface area contributed by atoms with Gasteiger partial charge in [0.15, 0.2) is 0 Å². The maximum Gasteiger partial charge on any atom is 0.326 e. The molecule has 3 amide bonds. The molecule has 0 saturated carbocycles. The first-order valence-electron chi connectivity index (χ1n) is 12.3. The van der Waals surface area contributed by atoms with Crippen LogP contribution in [0.4, 0.5) is 0 Å². The van der Waals surface area contributed by atoms with Crippen LogP contribution < -0.4 is 21.7 Å². The van der Waals surface area contributed by atoms with E-state index in [-0.39, 0.29) is 12.8 Å². The van der Waals surface area contributed by atoms with Crippen molar-refractivity contribution in [1.29, 1.82) is 0 Å². The number of benzene rings is 1. The molecule has 0 fully saturated rings. The van der Waals surface area contributed by atoms with Crippen LogP contribution in [0.15, 0.2) is 30.5 Å². The first-order valence-corrected chi connectivity index (χ1v) is 13.7. The summed E-state index contributed by atoms with van der Waals surface area (Å²) in [6.45, 7) is 0. The second-order valence-electron chi connectivity index (χ2n) is 9.00. The van der Waals surface area contributed by atoms with E-state index in [0.29, 0.717) is 11.3 Å². The van der Waals surface area contributed by atoms with Crippen molar-refractivity contribution in [2.45, 2.75) is 56.3 Å². The highest BCUT2D eigenvalue weighted by atomic mass is 32.2. The Morgan fingerprint density at radius 1 is 0.875 bits per heavy atom. The van der Waals surface area contributed by atoms with Crippen molar-refractivity contribution in [3.05, 3.63) is 36.0 Å². The van der Waals surface area contributed by atoms with Crippen molar-refractivity contribution >= 4 is 58.3 Å². The number of rotatable bonds is 17. The molecule has 0 aliphatic rings. The second-order valence-corrected chi connectivity index (χ2v) is 9.99. The summed E-state index contributed by atoms with van der Waals surface area (Å²) in [6, 6.07) is 1.55. The molecule has 0 radical (unpaired) electrons. The Kier molecular flexibility index (Phi) is 12.4. The summed E-state index contributed by atoms with van der Waals surface area (Å²) in [4.78, 5) is 75.9. The summed E-state index contributed by atoms with van der Waals surface area (Å²) in [7, 11) is 0. The fourth-order valence-electron chi connectivity index (χ4n) is 3.84. The topological polar surface area (TPSA) is 241 Å². The molecule has 2 aromatic rings. The van der Waals surface area contributed by atoms with Gasteiger partial charge in [0.05, 0.1) is 12.5 Å². The average molecular weight is 580 g/mol. The van der Waals surface area contributed by atoms with Crippen molar-refractivity contribution in [2.24, 2.45) is 5.73 Å². The summed E-state index contributed by atoms with van der Waals surface area (Å²) in [5.41, 5.74) is 7.17. The van der Waals surface area contributed by atoms with Gasteiger partial charge >= 0.3 is 17.9 Å². The number of aliphatic carboxylic acids is 3. The normalized spacial score (nSPS) is 13.9. The van der Waals surface area contributed by atoms with Crippen molar-refractivity contribution < 1.29 is 44.1 Å². The first kappa shape index (κ1) is 32.1. The predicted octanol–water partition coefficient (Wildman–Crippen LogP) is -0.331. The van der Waals surface area contributed by atoms with Crippen LogP contribution in [0.3, 0.4) is 0 Å². The van der Waals surface area contributed by atoms with Gasteiger partial charge in [-0.2, -0.15) is 11.8 Å². The molecule has 218 valence electrons. The van der Waals surface area contributed by atoms with E-state index >= 15 is 0 Å². The lowest BCUT2D eigenvalue weighted by molar-refractivity contribution is -0.143. The summed E-state index contributed by atoms with van der Waals surface area (Å²) in [6.07, 6.45) is 1.75. The number of aromatic nitrogens is 1. The third kappa shape index (κ3) is 9.89. The highest BCUT2D eigenvalue weighted by Crippen LogP contribution is 2.19. The largest absolute Gasteiger partial charge is 0.481 e. The molecule has 14 nitrogen and oxygen atoms in total. The van der Waals surface area contributed by atoms with Crippen molar-refractivity contribution in [3.63, 3.8) is 0 Å².